The second kappa shape index (κ2) is 6.79. The number of morpholine rings is 1. The van der Waals surface area contributed by atoms with Crippen LogP contribution >= 0.6 is 22.9 Å². The molecule has 0 bridgehead atoms. The zero-order valence-corrected chi connectivity index (χ0v) is 16.4. The number of hydrogen-bond acceptors (Lipinski definition) is 8. The molecule has 7 nitrogen and oxygen atoms in total. The Morgan fingerprint density at radius 2 is 2.16 bits per heavy atom. The summed E-state index contributed by atoms with van der Waals surface area (Å²) in [5.41, 5.74) is 0.822. The van der Waals surface area contributed by atoms with Crippen LogP contribution in [0.25, 0.3) is 10.2 Å². The Hall–Kier alpha value is -1.29. The molecule has 1 unspecified atom stereocenters. The van der Waals surface area contributed by atoms with Gasteiger partial charge in [-0.1, -0.05) is 0 Å². The average Bonchev–Trinajstić information content (AvgIpc) is 2.91. The lowest BCUT2D eigenvalue weighted by molar-refractivity contribution is 0.0987. The van der Waals surface area contributed by atoms with Crippen LogP contribution in [-0.2, 0) is 14.6 Å². The van der Waals surface area contributed by atoms with Gasteiger partial charge in [-0.2, -0.15) is 4.98 Å². The summed E-state index contributed by atoms with van der Waals surface area (Å²) in [4.78, 5) is 22.6. The van der Waals surface area contributed by atoms with Gasteiger partial charge in [-0.15, -0.1) is 11.3 Å². The lowest BCUT2D eigenvalue weighted by Gasteiger charge is -2.34. The lowest BCUT2D eigenvalue weighted by atomic mass is 10.1. The average molecular weight is 404 g/mol. The molecule has 1 saturated heterocycles. The van der Waals surface area contributed by atoms with E-state index >= 15 is 0 Å². The first-order chi connectivity index (χ1) is 11.7. The first-order valence-corrected chi connectivity index (χ1v) is 10.9. The highest BCUT2D eigenvalue weighted by Crippen LogP contribution is 2.41. The van der Waals surface area contributed by atoms with Gasteiger partial charge in [-0.05, 0) is 25.4 Å². The molecule has 0 saturated carbocycles. The van der Waals surface area contributed by atoms with Gasteiger partial charge in [-0.25, -0.2) is 13.4 Å². The van der Waals surface area contributed by atoms with E-state index in [2.05, 4.69) is 14.9 Å². The number of nitrogens with zero attached hydrogens (tertiary/aromatic N) is 3. The Morgan fingerprint density at radius 1 is 1.44 bits per heavy atom. The van der Waals surface area contributed by atoms with Crippen LogP contribution < -0.4 is 4.90 Å². The van der Waals surface area contributed by atoms with Crippen molar-refractivity contribution in [2.45, 2.75) is 25.1 Å². The van der Waals surface area contributed by atoms with Crippen LogP contribution in [0.5, 0.6) is 0 Å². The topological polar surface area (TPSA) is 89.5 Å². The van der Waals surface area contributed by atoms with Gasteiger partial charge in [0.05, 0.1) is 39.6 Å². The van der Waals surface area contributed by atoms with E-state index in [1.807, 2.05) is 6.92 Å². The highest BCUT2D eigenvalue weighted by atomic mass is 35.5. The number of carbonyl (C=O) groups excluding carboxylic acids is 1. The van der Waals surface area contributed by atoms with Crippen LogP contribution in [0.3, 0.4) is 0 Å². The van der Waals surface area contributed by atoms with Gasteiger partial charge in [0, 0.05) is 18.4 Å². The molecule has 1 fully saturated rings. The van der Waals surface area contributed by atoms with Crippen LogP contribution in [-0.4, -0.2) is 56.7 Å². The molecule has 136 valence electrons. The fourth-order valence-electron chi connectivity index (χ4n) is 2.90. The molecule has 10 heteroatoms. The quantitative estimate of drug-likeness (QED) is 0.572. The molecule has 0 spiro atoms. The van der Waals surface area contributed by atoms with E-state index in [1.165, 1.54) is 11.3 Å². The molecule has 0 N–H and O–H groups in total. The van der Waals surface area contributed by atoms with Gasteiger partial charge >= 0.3 is 0 Å². The first-order valence-electron chi connectivity index (χ1n) is 7.72. The van der Waals surface area contributed by atoms with Crippen molar-refractivity contribution in [2.75, 3.05) is 30.9 Å². The SMILES string of the molecule is CC(c1c(C=O)sc2c(N3CCOC[C@H]3C)nc(Cl)nc12)S(C)(=O)=O. The number of thiophene rings is 1. The lowest BCUT2D eigenvalue weighted by Crippen LogP contribution is -2.44. The van der Waals surface area contributed by atoms with E-state index in [1.54, 1.807) is 6.92 Å². The van der Waals surface area contributed by atoms with Gasteiger partial charge in [0.15, 0.2) is 21.9 Å². The van der Waals surface area contributed by atoms with Crippen molar-refractivity contribution in [1.29, 1.82) is 0 Å². The monoisotopic (exact) mass is 403 g/mol. The normalized spacial score (nSPS) is 20.0. The van der Waals surface area contributed by atoms with Gasteiger partial charge in [0.25, 0.3) is 0 Å². The zero-order chi connectivity index (χ0) is 18.4. The van der Waals surface area contributed by atoms with E-state index < -0.39 is 15.1 Å². The highest BCUT2D eigenvalue weighted by Gasteiger charge is 2.30. The maximum absolute atomic E-state index is 12.1. The summed E-state index contributed by atoms with van der Waals surface area (Å²) in [6.45, 7) is 5.31. The molecule has 3 rings (SSSR count). The van der Waals surface area contributed by atoms with Gasteiger partial charge in [0.1, 0.15) is 0 Å². The summed E-state index contributed by atoms with van der Waals surface area (Å²) in [6, 6.07) is 0.0838. The van der Waals surface area contributed by atoms with Crippen molar-refractivity contribution >= 4 is 55.1 Å². The third-order valence-corrected chi connectivity index (χ3v) is 7.15. The number of ether oxygens (including phenoxy) is 1. The summed E-state index contributed by atoms with van der Waals surface area (Å²) >= 11 is 7.32. The van der Waals surface area contributed by atoms with E-state index in [4.69, 9.17) is 16.3 Å². The predicted molar refractivity (Wildman–Crippen MR) is 98.7 cm³/mol. The van der Waals surface area contributed by atoms with Gasteiger partial charge in [0.2, 0.25) is 5.28 Å². The highest BCUT2D eigenvalue weighted by molar-refractivity contribution is 7.90. The number of sulfone groups is 1. The summed E-state index contributed by atoms with van der Waals surface area (Å²) in [6.07, 6.45) is 1.81. The molecule has 0 radical (unpaired) electrons. The molecule has 1 aliphatic heterocycles. The molecular weight excluding hydrogens is 386 g/mol. The molecule has 0 amide bonds. The molecule has 1 aliphatic rings. The van der Waals surface area contributed by atoms with Crippen molar-refractivity contribution in [3.8, 4) is 0 Å². The Labute approximate surface area is 154 Å². The summed E-state index contributed by atoms with van der Waals surface area (Å²) in [5, 5.41) is -0.833. The van der Waals surface area contributed by atoms with E-state index in [0.717, 1.165) is 6.26 Å². The minimum atomic E-state index is -3.40. The molecule has 2 atom stereocenters. The van der Waals surface area contributed by atoms with Crippen LogP contribution in [0.2, 0.25) is 5.28 Å². The number of halogens is 1. The van der Waals surface area contributed by atoms with Crippen molar-refractivity contribution in [2.24, 2.45) is 0 Å². The van der Waals surface area contributed by atoms with Crippen LogP contribution in [0.4, 0.5) is 5.82 Å². The molecule has 0 aromatic carbocycles. The molecule has 2 aromatic heterocycles. The van der Waals surface area contributed by atoms with E-state index in [0.29, 0.717) is 52.5 Å². The number of aldehydes is 1. The van der Waals surface area contributed by atoms with Crippen molar-refractivity contribution in [1.82, 2.24) is 9.97 Å². The van der Waals surface area contributed by atoms with Gasteiger partial charge in [-0.3, -0.25) is 4.79 Å². The first kappa shape index (κ1) is 18.5. The summed E-state index contributed by atoms with van der Waals surface area (Å²) in [5.74, 6) is 0.617. The smallest absolute Gasteiger partial charge is 0.224 e. The number of hydrogen-bond donors (Lipinski definition) is 0. The Kier molecular flexibility index (Phi) is 5.02. The summed E-state index contributed by atoms with van der Waals surface area (Å²) in [7, 11) is -3.40. The molecule has 3 heterocycles. The molecule has 2 aromatic rings. The third kappa shape index (κ3) is 3.38. The largest absolute Gasteiger partial charge is 0.377 e. The Morgan fingerprint density at radius 3 is 2.76 bits per heavy atom. The zero-order valence-electron chi connectivity index (χ0n) is 14.0. The fraction of sp³-hybridized carbons (Fsp3) is 0.533. The minimum Gasteiger partial charge on any atom is -0.377 e. The van der Waals surface area contributed by atoms with Crippen LogP contribution in [0.1, 0.15) is 34.3 Å². The Bertz CT molecular complexity index is 928. The summed E-state index contributed by atoms with van der Waals surface area (Å²) < 4.78 is 30.2. The van der Waals surface area contributed by atoms with Crippen LogP contribution in [0, 0.1) is 0 Å². The van der Waals surface area contributed by atoms with E-state index in [9.17, 15) is 13.2 Å². The van der Waals surface area contributed by atoms with Gasteiger partial charge < -0.3 is 9.64 Å². The number of fused-ring (bicyclic) bond motifs is 1. The van der Waals surface area contributed by atoms with Crippen molar-refractivity contribution < 1.29 is 17.9 Å². The number of rotatable bonds is 4. The van der Waals surface area contributed by atoms with E-state index in [-0.39, 0.29) is 11.3 Å². The van der Waals surface area contributed by atoms with Crippen LogP contribution in [0.15, 0.2) is 0 Å². The number of anilines is 1. The second-order valence-corrected chi connectivity index (χ2v) is 9.84. The number of carbonyl (C=O) groups is 1. The van der Waals surface area contributed by atoms with Crippen molar-refractivity contribution in [3.05, 3.63) is 15.7 Å². The molecule has 25 heavy (non-hydrogen) atoms. The molecule has 0 aliphatic carbocycles. The number of aromatic nitrogens is 2. The standard InChI is InChI=1S/C15H18ClN3O4S2/c1-8-7-23-5-4-19(8)14-13-12(17-15(16)18-14)11(10(6-20)24-13)9(2)25(3,21)22/h6,8-9H,4-5,7H2,1-3H3/t8-,9?/m1/s1. The second-order valence-electron chi connectivity index (χ2n) is 6.08. The fourth-order valence-corrected chi connectivity index (χ4v) is 4.96. The third-order valence-electron chi connectivity index (χ3n) is 4.35. The molecular formula is C15H18ClN3O4S2. The predicted octanol–water partition coefficient (Wildman–Crippen LogP) is 2.49. The Balaban J connectivity index is 2.28. The van der Waals surface area contributed by atoms with Crippen molar-refractivity contribution in [3.63, 3.8) is 0 Å². The maximum Gasteiger partial charge on any atom is 0.224 e. The minimum absolute atomic E-state index is 0.0263. The maximum atomic E-state index is 12.1.